The summed E-state index contributed by atoms with van der Waals surface area (Å²) in [5.41, 5.74) is 7.53. The van der Waals surface area contributed by atoms with Crippen LogP contribution in [0.15, 0.2) is 21.5 Å². The Balaban J connectivity index is 2.53. The van der Waals surface area contributed by atoms with Crippen molar-refractivity contribution in [2.24, 2.45) is 16.6 Å². The van der Waals surface area contributed by atoms with Crippen LogP contribution in [0.2, 0.25) is 0 Å². The third kappa shape index (κ3) is 2.28. The van der Waals surface area contributed by atoms with Crippen molar-refractivity contribution in [3.05, 3.63) is 23.7 Å². The van der Waals surface area contributed by atoms with Gasteiger partial charge in [-0.1, -0.05) is 0 Å². The molecule has 0 spiro atoms. The number of aliphatic imine (C=N–C) groups is 1. The van der Waals surface area contributed by atoms with Gasteiger partial charge in [-0.2, -0.15) is 0 Å². The highest BCUT2D eigenvalue weighted by molar-refractivity contribution is 5.76. The number of rotatable bonds is 2. The maximum Gasteiger partial charge on any atom is 0.203 e. The standard InChI is InChI=1S/C7H12N4O/c1-5-2-3-6(12-5)4-10-7(8)11-9/h2-3H,4,9H2,1H3,(H3,8,10,11). The molecular weight excluding hydrogens is 156 g/mol. The number of hydrogen-bond acceptors (Lipinski definition) is 3. The van der Waals surface area contributed by atoms with Crippen LogP contribution < -0.4 is 17.0 Å². The molecule has 0 saturated carbocycles. The van der Waals surface area contributed by atoms with E-state index in [9.17, 15) is 0 Å². The van der Waals surface area contributed by atoms with E-state index in [2.05, 4.69) is 10.4 Å². The fraction of sp³-hybridized carbons (Fsp3) is 0.286. The molecule has 5 N–H and O–H groups in total. The molecule has 0 unspecified atom stereocenters. The van der Waals surface area contributed by atoms with E-state index in [0.29, 0.717) is 6.54 Å². The van der Waals surface area contributed by atoms with Crippen molar-refractivity contribution in [1.29, 1.82) is 0 Å². The number of furan rings is 1. The van der Waals surface area contributed by atoms with Crippen LogP contribution in [0.1, 0.15) is 11.5 Å². The van der Waals surface area contributed by atoms with E-state index in [1.54, 1.807) is 0 Å². The second-order valence-electron chi connectivity index (χ2n) is 2.36. The molecular formula is C7H12N4O. The summed E-state index contributed by atoms with van der Waals surface area (Å²) in [6, 6.07) is 3.72. The molecule has 5 nitrogen and oxygen atoms in total. The average Bonchev–Trinajstić information content (AvgIpc) is 2.47. The van der Waals surface area contributed by atoms with Crippen LogP contribution in [0.5, 0.6) is 0 Å². The lowest BCUT2D eigenvalue weighted by molar-refractivity contribution is 0.485. The quantitative estimate of drug-likeness (QED) is 0.248. The van der Waals surface area contributed by atoms with Crippen LogP contribution in [-0.2, 0) is 6.54 Å². The largest absolute Gasteiger partial charge is 0.464 e. The molecule has 0 radical (unpaired) electrons. The molecule has 0 bridgehead atoms. The highest BCUT2D eigenvalue weighted by atomic mass is 16.3. The summed E-state index contributed by atoms with van der Waals surface area (Å²) in [5, 5.41) is 0. The summed E-state index contributed by atoms with van der Waals surface area (Å²) in [4.78, 5) is 3.89. The first kappa shape index (κ1) is 8.61. The maximum atomic E-state index is 5.30. The Hall–Kier alpha value is -1.49. The Morgan fingerprint density at radius 1 is 1.67 bits per heavy atom. The molecule has 0 aliphatic heterocycles. The minimum atomic E-state index is 0.198. The van der Waals surface area contributed by atoms with E-state index in [-0.39, 0.29) is 5.96 Å². The zero-order chi connectivity index (χ0) is 8.97. The van der Waals surface area contributed by atoms with Crippen molar-refractivity contribution in [3.8, 4) is 0 Å². The van der Waals surface area contributed by atoms with Crippen molar-refractivity contribution in [2.45, 2.75) is 13.5 Å². The van der Waals surface area contributed by atoms with Gasteiger partial charge in [0.05, 0.1) is 0 Å². The number of hydrogen-bond donors (Lipinski definition) is 3. The fourth-order valence-corrected chi connectivity index (χ4v) is 0.779. The lowest BCUT2D eigenvalue weighted by atomic mass is 10.4. The monoisotopic (exact) mass is 168 g/mol. The highest BCUT2D eigenvalue weighted by Gasteiger charge is 1.96. The third-order valence-corrected chi connectivity index (χ3v) is 1.35. The number of guanidine groups is 1. The molecule has 0 aliphatic carbocycles. The second-order valence-corrected chi connectivity index (χ2v) is 2.36. The topological polar surface area (TPSA) is 89.6 Å². The van der Waals surface area contributed by atoms with Crippen LogP contribution in [0, 0.1) is 6.92 Å². The second kappa shape index (κ2) is 3.77. The van der Waals surface area contributed by atoms with Gasteiger partial charge in [0, 0.05) is 0 Å². The molecule has 0 amide bonds. The Bertz CT molecular complexity index is 279. The van der Waals surface area contributed by atoms with Gasteiger partial charge in [0.15, 0.2) is 0 Å². The Morgan fingerprint density at radius 2 is 2.42 bits per heavy atom. The van der Waals surface area contributed by atoms with Gasteiger partial charge in [-0.3, -0.25) is 5.43 Å². The molecule has 1 rings (SSSR count). The van der Waals surface area contributed by atoms with Crippen molar-refractivity contribution in [3.63, 3.8) is 0 Å². The van der Waals surface area contributed by atoms with E-state index in [0.717, 1.165) is 11.5 Å². The Kier molecular flexibility index (Phi) is 2.71. The van der Waals surface area contributed by atoms with Crippen LogP contribution >= 0.6 is 0 Å². The molecule has 0 fully saturated rings. The lowest BCUT2D eigenvalue weighted by Crippen LogP contribution is -2.37. The molecule has 1 aromatic heterocycles. The third-order valence-electron chi connectivity index (χ3n) is 1.35. The number of hydrazine groups is 1. The van der Waals surface area contributed by atoms with E-state index in [4.69, 9.17) is 16.0 Å². The van der Waals surface area contributed by atoms with Gasteiger partial charge in [-0.05, 0) is 19.1 Å². The SMILES string of the molecule is Cc1ccc(CN=C(N)NN)o1. The lowest BCUT2D eigenvalue weighted by Gasteiger charge is -1.95. The Labute approximate surface area is 70.4 Å². The molecule has 0 aliphatic rings. The van der Waals surface area contributed by atoms with Crippen LogP contribution in [-0.4, -0.2) is 5.96 Å². The van der Waals surface area contributed by atoms with Gasteiger partial charge in [-0.25, -0.2) is 10.8 Å². The fourth-order valence-electron chi connectivity index (χ4n) is 0.779. The molecule has 0 saturated heterocycles. The van der Waals surface area contributed by atoms with Gasteiger partial charge in [0.2, 0.25) is 5.96 Å². The summed E-state index contributed by atoms with van der Waals surface area (Å²) in [5.74, 6) is 6.83. The molecule has 12 heavy (non-hydrogen) atoms. The van der Waals surface area contributed by atoms with Gasteiger partial charge in [-0.15, -0.1) is 0 Å². The number of aryl methyl sites for hydroxylation is 1. The van der Waals surface area contributed by atoms with Crippen molar-refractivity contribution in [2.75, 3.05) is 0 Å². The molecule has 0 aromatic carbocycles. The summed E-state index contributed by atoms with van der Waals surface area (Å²) in [7, 11) is 0. The summed E-state index contributed by atoms with van der Waals surface area (Å²) in [6.07, 6.45) is 0. The molecule has 5 heteroatoms. The predicted molar refractivity (Wildman–Crippen MR) is 46.1 cm³/mol. The van der Waals surface area contributed by atoms with Crippen LogP contribution in [0.3, 0.4) is 0 Å². The van der Waals surface area contributed by atoms with Crippen molar-refractivity contribution < 1.29 is 4.42 Å². The first-order valence-corrected chi connectivity index (χ1v) is 3.54. The highest BCUT2D eigenvalue weighted by Crippen LogP contribution is 2.06. The summed E-state index contributed by atoms with van der Waals surface area (Å²) in [6.45, 7) is 2.28. The normalized spacial score (nSPS) is 11.7. The minimum Gasteiger partial charge on any atom is -0.464 e. The average molecular weight is 168 g/mol. The van der Waals surface area contributed by atoms with E-state index in [1.165, 1.54) is 0 Å². The van der Waals surface area contributed by atoms with Crippen LogP contribution in [0.25, 0.3) is 0 Å². The molecule has 1 heterocycles. The van der Waals surface area contributed by atoms with Gasteiger partial charge in [0.1, 0.15) is 18.1 Å². The zero-order valence-electron chi connectivity index (χ0n) is 6.87. The van der Waals surface area contributed by atoms with E-state index in [1.807, 2.05) is 19.1 Å². The van der Waals surface area contributed by atoms with Gasteiger partial charge >= 0.3 is 0 Å². The Morgan fingerprint density at radius 3 is 2.92 bits per heavy atom. The molecule has 1 aromatic rings. The van der Waals surface area contributed by atoms with Crippen molar-refractivity contribution in [1.82, 2.24) is 5.43 Å². The van der Waals surface area contributed by atoms with E-state index < -0.39 is 0 Å². The predicted octanol–water partition coefficient (Wildman–Crippen LogP) is -0.134. The first-order valence-electron chi connectivity index (χ1n) is 3.54. The summed E-state index contributed by atoms with van der Waals surface area (Å²) >= 11 is 0. The van der Waals surface area contributed by atoms with Crippen molar-refractivity contribution >= 4 is 5.96 Å². The first-order chi connectivity index (χ1) is 5.72. The van der Waals surface area contributed by atoms with Gasteiger partial charge in [0.25, 0.3) is 0 Å². The maximum absolute atomic E-state index is 5.30. The number of nitrogens with zero attached hydrogens (tertiary/aromatic N) is 1. The van der Waals surface area contributed by atoms with Crippen LogP contribution in [0.4, 0.5) is 0 Å². The smallest absolute Gasteiger partial charge is 0.203 e. The van der Waals surface area contributed by atoms with Gasteiger partial charge < -0.3 is 10.2 Å². The summed E-state index contributed by atoms with van der Waals surface area (Å²) < 4.78 is 5.25. The molecule has 0 atom stereocenters. The number of nitrogens with two attached hydrogens (primary N) is 2. The molecule has 66 valence electrons. The number of nitrogens with one attached hydrogen (secondary N) is 1. The zero-order valence-corrected chi connectivity index (χ0v) is 6.87. The van der Waals surface area contributed by atoms with E-state index >= 15 is 0 Å². The minimum absolute atomic E-state index is 0.198.